The zero-order valence-corrected chi connectivity index (χ0v) is 20.6. The third-order valence-corrected chi connectivity index (χ3v) is 8.73. The summed E-state index contributed by atoms with van der Waals surface area (Å²) in [6.07, 6.45) is 5.76. The minimum Gasteiger partial charge on any atom is -0.326 e. The fourth-order valence-corrected chi connectivity index (χ4v) is 6.67. The molecule has 2 aromatic carbocycles. The summed E-state index contributed by atoms with van der Waals surface area (Å²) in [5.74, 6) is -0.227. The maximum atomic E-state index is 13.2. The van der Waals surface area contributed by atoms with Crippen molar-refractivity contribution in [3.05, 3.63) is 46.9 Å². The number of rotatable bonds is 6. The van der Waals surface area contributed by atoms with Crippen LogP contribution in [0.5, 0.6) is 0 Å². The second kappa shape index (κ2) is 9.26. The van der Waals surface area contributed by atoms with E-state index < -0.39 is 10.0 Å². The number of aromatic nitrogens is 2. The molecule has 0 radical (unpaired) electrons. The molecule has 1 heterocycles. The quantitative estimate of drug-likeness (QED) is 0.545. The molecule has 0 aliphatic heterocycles. The molecule has 33 heavy (non-hydrogen) atoms. The number of hydrogen-bond acceptors (Lipinski definition) is 5. The number of benzene rings is 2. The first-order valence-corrected chi connectivity index (χ1v) is 13.3. The highest BCUT2D eigenvalue weighted by atomic mass is 32.2. The lowest BCUT2D eigenvalue weighted by Gasteiger charge is -2.22. The number of nitrogens with zero attached hydrogens (tertiary/aromatic N) is 2. The summed E-state index contributed by atoms with van der Waals surface area (Å²) in [5, 5.41) is 3.04. The van der Waals surface area contributed by atoms with Crippen molar-refractivity contribution in [2.75, 3.05) is 10.0 Å². The lowest BCUT2D eigenvalue weighted by molar-refractivity contribution is -0.114. The van der Waals surface area contributed by atoms with E-state index in [0.29, 0.717) is 22.1 Å². The average Bonchev–Trinajstić information content (AvgIpc) is 2.98. The molecule has 10 heteroatoms. The van der Waals surface area contributed by atoms with Crippen molar-refractivity contribution in [1.82, 2.24) is 9.13 Å². The number of amides is 1. The van der Waals surface area contributed by atoms with Gasteiger partial charge in [-0.05, 0) is 49.2 Å². The Labute approximate surface area is 197 Å². The number of carbonyl (C=O) groups is 1. The second-order valence-electron chi connectivity index (χ2n) is 8.43. The van der Waals surface area contributed by atoms with Crippen molar-refractivity contribution in [3.8, 4) is 0 Å². The van der Waals surface area contributed by atoms with Crippen molar-refractivity contribution >= 4 is 50.1 Å². The van der Waals surface area contributed by atoms with Gasteiger partial charge in [-0.2, -0.15) is 0 Å². The van der Waals surface area contributed by atoms with Gasteiger partial charge in [0.25, 0.3) is 10.0 Å². The standard InChI is InChI=1S/C23H28N4O4S2/c1-15(28)24-16-9-11-18(12-10-16)33(30,31)25-19-13-20-21(27(3)23(29)26(20)2)14-22(19)32-17-7-5-4-6-8-17/h9-14,17,25H,4-8H2,1-3H3,(H,24,28). The Kier molecular flexibility index (Phi) is 6.58. The summed E-state index contributed by atoms with van der Waals surface area (Å²) in [6, 6.07) is 9.67. The third kappa shape index (κ3) is 4.96. The molecular formula is C23H28N4O4S2. The van der Waals surface area contributed by atoms with E-state index in [1.807, 2.05) is 6.07 Å². The molecule has 4 rings (SSSR count). The molecule has 1 amide bonds. The van der Waals surface area contributed by atoms with Crippen LogP contribution in [-0.4, -0.2) is 28.7 Å². The van der Waals surface area contributed by atoms with E-state index in [0.717, 1.165) is 23.3 Å². The molecule has 1 aliphatic rings. The van der Waals surface area contributed by atoms with Crippen molar-refractivity contribution in [2.45, 2.75) is 54.1 Å². The van der Waals surface area contributed by atoms with Gasteiger partial charge < -0.3 is 5.32 Å². The molecule has 8 nitrogen and oxygen atoms in total. The predicted octanol–water partition coefficient (Wildman–Crippen LogP) is 4.06. The molecule has 1 aromatic heterocycles. The predicted molar refractivity (Wildman–Crippen MR) is 132 cm³/mol. The Hall–Kier alpha value is -2.72. The van der Waals surface area contributed by atoms with Gasteiger partial charge in [0.05, 0.1) is 21.6 Å². The van der Waals surface area contributed by atoms with Crippen LogP contribution in [0.15, 0.2) is 51.0 Å². The van der Waals surface area contributed by atoms with E-state index in [1.54, 1.807) is 48.6 Å². The number of anilines is 2. The van der Waals surface area contributed by atoms with Gasteiger partial charge in [0.1, 0.15) is 0 Å². The van der Waals surface area contributed by atoms with Crippen LogP contribution in [0, 0.1) is 0 Å². The second-order valence-corrected chi connectivity index (χ2v) is 11.5. The summed E-state index contributed by atoms with van der Waals surface area (Å²) in [4.78, 5) is 24.6. The molecule has 1 aliphatic carbocycles. The van der Waals surface area contributed by atoms with Gasteiger partial charge in [0, 0.05) is 36.9 Å². The molecule has 1 fully saturated rings. The topological polar surface area (TPSA) is 102 Å². The molecule has 0 saturated heterocycles. The van der Waals surface area contributed by atoms with Crippen molar-refractivity contribution in [2.24, 2.45) is 14.1 Å². The SMILES string of the molecule is CC(=O)Nc1ccc(S(=O)(=O)Nc2cc3c(cc2SC2CCCCC2)n(C)c(=O)n3C)cc1. The Morgan fingerprint density at radius 3 is 2.21 bits per heavy atom. The van der Waals surface area contributed by atoms with Gasteiger partial charge in [-0.25, -0.2) is 13.2 Å². The van der Waals surface area contributed by atoms with Gasteiger partial charge in [0.15, 0.2) is 0 Å². The number of thioether (sulfide) groups is 1. The van der Waals surface area contributed by atoms with E-state index in [4.69, 9.17) is 0 Å². The molecule has 0 spiro atoms. The number of hydrogen-bond donors (Lipinski definition) is 2. The monoisotopic (exact) mass is 488 g/mol. The number of imidazole rings is 1. The highest BCUT2D eigenvalue weighted by Gasteiger charge is 2.22. The zero-order chi connectivity index (χ0) is 23.8. The molecule has 1 saturated carbocycles. The molecule has 0 unspecified atom stereocenters. The van der Waals surface area contributed by atoms with E-state index in [9.17, 15) is 18.0 Å². The number of sulfonamides is 1. The molecular weight excluding hydrogens is 460 g/mol. The van der Waals surface area contributed by atoms with Gasteiger partial charge >= 0.3 is 5.69 Å². The molecule has 0 atom stereocenters. The molecule has 2 N–H and O–H groups in total. The first-order chi connectivity index (χ1) is 15.7. The molecule has 176 valence electrons. The largest absolute Gasteiger partial charge is 0.328 e. The van der Waals surface area contributed by atoms with Crippen LogP contribution in [0.4, 0.5) is 11.4 Å². The fourth-order valence-electron chi connectivity index (χ4n) is 4.19. The number of aryl methyl sites for hydroxylation is 2. The minimum absolute atomic E-state index is 0.0901. The van der Waals surface area contributed by atoms with Crippen LogP contribution in [0.3, 0.4) is 0 Å². The van der Waals surface area contributed by atoms with Crippen molar-refractivity contribution in [1.29, 1.82) is 0 Å². The highest BCUT2D eigenvalue weighted by Crippen LogP contribution is 2.39. The minimum atomic E-state index is -3.88. The van der Waals surface area contributed by atoms with E-state index >= 15 is 0 Å². The maximum absolute atomic E-state index is 13.2. The smallest absolute Gasteiger partial charge is 0.326 e. The molecule has 3 aromatic rings. The Morgan fingerprint density at radius 2 is 1.61 bits per heavy atom. The van der Waals surface area contributed by atoms with Crippen LogP contribution < -0.4 is 15.7 Å². The van der Waals surface area contributed by atoms with Gasteiger partial charge in [-0.3, -0.25) is 18.7 Å². The van der Waals surface area contributed by atoms with Crippen molar-refractivity contribution < 1.29 is 13.2 Å². The highest BCUT2D eigenvalue weighted by molar-refractivity contribution is 8.00. The first-order valence-electron chi connectivity index (χ1n) is 10.9. The summed E-state index contributed by atoms with van der Waals surface area (Å²) in [5.41, 5.74) is 2.26. The Bertz CT molecular complexity index is 1350. The normalized spacial score (nSPS) is 15.0. The summed E-state index contributed by atoms with van der Waals surface area (Å²) in [6.45, 7) is 1.39. The van der Waals surface area contributed by atoms with Gasteiger partial charge in [-0.15, -0.1) is 11.8 Å². The fraction of sp³-hybridized carbons (Fsp3) is 0.391. The lowest BCUT2D eigenvalue weighted by atomic mass is 10.0. The van der Waals surface area contributed by atoms with Crippen LogP contribution in [0.2, 0.25) is 0 Å². The number of carbonyl (C=O) groups excluding carboxylic acids is 1. The van der Waals surface area contributed by atoms with Crippen LogP contribution in [0.25, 0.3) is 11.0 Å². The van der Waals surface area contributed by atoms with Gasteiger partial charge in [-0.1, -0.05) is 19.3 Å². The number of nitrogens with one attached hydrogen (secondary N) is 2. The third-order valence-electron chi connectivity index (χ3n) is 5.95. The summed E-state index contributed by atoms with van der Waals surface area (Å²) < 4.78 is 32.2. The lowest BCUT2D eigenvalue weighted by Crippen LogP contribution is -2.19. The van der Waals surface area contributed by atoms with Crippen LogP contribution in [-0.2, 0) is 28.9 Å². The van der Waals surface area contributed by atoms with Crippen molar-refractivity contribution in [3.63, 3.8) is 0 Å². The zero-order valence-electron chi connectivity index (χ0n) is 18.9. The van der Waals surface area contributed by atoms with Crippen LogP contribution >= 0.6 is 11.8 Å². The Balaban J connectivity index is 1.72. The molecule has 0 bridgehead atoms. The number of fused-ring (bicyclic) bond motifs is 1. The van der Waals surface area contributed by atoms with E-state index in [-0.39, 0.29) is 16.5 Å². The van der Waals surface area contributed by atoms with E-state index in [2.05, 4.69) is 10.0 Å². The first kappa shape index (κ1) is 23.4. The average molecular weight is 489 g/mol. The van der Waals surface area contributed by atoms with Crippen LogP contribution in [0.1, 0.15) is 39.0 Å². The summed E-state index contributed by atoms with van der Waals surface area (Å²) >= 11 is 1.68. The maximum Gasteiger partial charge on any atom is 0.328 e. The summed E-state index contributed by atoms with van der Waals surface area (Å²) in [7, 11) is -0.476. The van der Waals surface area contributed by atoms with E-state index in [1.165, 1.54) is 42.9 Å². The van der Waals surface area contributed by atoms with Gasteiger partial charge in [0.2, 0.25) is 5.91 Å². The Morgan fingerprint density at radius 1 is 1.00 bits per heavy atom.